The molecule has 6 atom stereocenters. The lowest BCUT2D eigenvalue weighted by Gasteiger charge is -2.55. The fraction of sp³-hybridized carbons (Fsp3) is 0.842. The van der Waals surface area contributed by atoms with Gasteiger partial charge in [0.1, 0.15) is 11.9 Å². The van der Waals surface area contributed by atoms with Crippen LogP contribution in [0.15, 0.2) is 11.1 Å². The van der Waals surface area contributed by atoms with Gasteiger partial charge in [-0.25, -0.2) is 0 Å². The van der Waals surface area contributed by atoms with Crippen molar-refractivity contribution in [1.29, 1.82) is 0 Å². The highest BCUT2D eigenvalue weighted by Crippen LogP contribution is 2.56. The molecular formula is C19H30O4. The van der Waals surface area contributed by atoms with Crippen molar-refractivity contribution in [3.05, 3.63) is 11.1 Å². The fourth-order valence-corrected chi connectivity index (χ4v) is 5.57. The van der Waals surface area contributed by atoms with Crippen LogP contribution in [0.3, 0.4) is 0 Å². The molecule has 3 N–H and O–H groups in total. The molecule has 2 bridgehead atoms. The Kier molecular flexibility index (Phi) is 4.02. The van der Waals surface area contributed by atoms with Gasteiger partial charge in [0.05, 0.1) is 12.2 Å². The number of aliphatic hydroxyl groups is 3. The van der Waals surface area contributed by atoms with Crippen LogP contribution in [-0.2, 0) is 4.79 Å². The van der Waals surface area contributed by atoms with Gasteiger partial charge in [0, 0.05) is 17.8 Å². The van der Waals surface area contributed by atoms with Crippen molar-refractivity contribution < 1.29 is 20.1 Å². The van der Waals surface area contributed by atoms with E-state index in [9.17, 15) is 20.1 Å². The molecule has 3 aliphatic rings. The monoisotopic (exact) mass is 322 g/mol. The van der Waals surface area contributed by atoms with Crippen molar-refractivity contribution >= 4 is 5.78 Å². The molecule has 4 nitrogen and oxygen atoms in total. The zero-order chi connectivity index (χ0) is 17.2. The molecule has 3 rings (SSSR count). The minimum absolute atomic E-state index is 0.143. The van der Waals surface area contributed by atoms with Crippen LogP contribution < -0.4 is 0 Å². The van der Waals surface area contributed by atoms with Gasteiger partial charge in [-0.15, -0.1) is 0 Å². The Labute approximate surface area is 138 Å². The summed E-state index contributed by atoms with van der Waals surface area (Å²) in [5.74, 6) is 0.132. The zero-order valence-corrected chi connectivity index (χ0v) is 14.7. The summed E-state index contributed by atoms with van der Waals surface area (Å²) in [5, 5.41) is 32.4. The maximum Gasteiger partial charge on any atom is 0.136 e. The van der Waals surface area contributed by atoms with Crippen LogP contribution in [0.25, 0.3) is 0 Å². The van der Waals surface area contributed by atoms with Gasteiger partial charge < -0.3 is 15.3 Å². The highest BCUT2D eigenvalue weighted by Gasteiger charge is 2.56. The van der Waals surface area contributed by atoms with Gasteiger partial charge in [-0.1, -0.05) is 20.8 Å². The van der Waals surface area contributed by atoms with Crippen LogP contribution in [0.5, 0.6) is 0 Å². The molecular weight excluding hydrogens is 292 g/mol. The van der Waals surface area contributed by atoms with Crippen molar-refractivity contribution in [2.24, 2.45) is 22.7 Å². The van der Waals surface area contributed by atoms with Crippen molar-refractivity contribution in [1.82, 2.24) is 0 Å². The first kappa shape index (κ1) is 17.1. The minimum atomic E-state index is -1.01. The van der Waals surface area contributed by atoms with E-state index in [0.717, 1.165) is 24.0 Å². The third kappa shape index (κ3) is 2.33. The summed E-state index contributed by atoms with van der Waals surface area (Å²) in [4.78, 5) is 12.6. The predicted molar refractivity (Wildman–Crippen MR) is 87.7 cm³/mol. The quantitative estimate of drug-likeness (QED) is 0.598. The first-order valence-corrected chi connectivity index (χ1v) is 8.88. The molecule has 2 saturated carbocycles. The average Bonchev–Trinajstić information content (AvgIpc) is 2.46. The van der Waals surface area contributed by atoms with Gasteiger partial charge in [-0.2, -0.15) is 0 Å². The van der Waals surface area contributed by atoms with Crippen LogP contribution in [-0.4, -0.2) is 39.4 Å². The van der Waals surface area contributed by atoms with E-state index in [4.69, 9.17) is 0 Å². The topological polar surface area (TPSA) is 77.8 Å². The van der Waals surface area contributed by atoms with Crippen LogP contribution in [0.2, 0.25) is 0 Å². The zero-order valence-electron chi connectivity index (χ0n) is 14.7. The number of aliphatic hydroxyl groups excluding tert-OH is 3. The minimum Gasteiger partial charge on any atom is -0.389 e. The lowest BCUT2D eigenvalue weighted by Crippen LogP contribution is -2.57. The second-order valence-electron chi connectivity index (χ2n) is 8.77. The number of hydrogen-bond acceptors (Lipinski definition) is 4. The summed E-state index contributed by atoms with van der Waals surface area (Å²) in [6.45, 7) is 7.98. The number of fused-ring (bicyclic) bond motifs is 3. The van der Waals surface area contributed by atoms with Crippen LogP contribution in [0.4, 0.5) is 0 Å². The summed E-state index contributed by atoms with van der Waals surface area (Å²) in [6.07, 6.45) is 0.876. The Bertz CT molecular complexity index is 550. The smallest absolute Gasteiger partial charge is 0.136 e. The molecule has 4 heteroatoms. The van der Waals surface area contributed by atoms with E-state index >= 15 is 0 Å². The van der Waals surface area contributed by atoms with Gasteiger partial charge in [-0.3, -0.25) is 4.79 Å². The predicted octanol–water partition coefficient (Wildman–Crippen LogP) is 2.21. The summed E-state index contributed by atoms with van der Waals surface area (Å²) in [7, 11) is 0. The van der Waals surface area contributed by atoms with Gasteiger partial charge >= 0.3 is 0 Å². The summed E-state index contributed by atoms with van der Waals surface area (Å²) < 4.78 is 0. The van der Waals surface area contributed by atoms with Crippen LogP contribution >= 0.6 is 0 Å². The second-order valence-corrected chi connectivity index (χ2v) is 8.77. The number of hydrogen-bond donors (Lipinski definition) is 3. The number of Topliss-reactive ketones (excluding diaryl/α,β-unsaturated/α-hetero) is 1. The Morgan fingerprint density at radius 3 is 2.39 bits per heavy atom. The van der Waals surface area contributed by atoms with E-state index in [1.165, 1.54) is 0 Å². The maximum absolute atomic E-state index is 12.6. The standard InChI is InChI=1S/C19H30O4/c1-10-14(21)9-11-8-12-13(20)6-5-7-19(12,4)17(23)16(22)15(10)18(11,2)3/h11-12,14,16-17,21-23H,5-9H2,1-4H3/t11-,12+,14-,16+,17-,19+/m0/s1. The first-order chi connectivity index (χ1) is 10.6. The summed E-state index contributed by atoms with van der Waals surface area (Å²) in [6, 6.07) is 0. The maximum atomic E-state index is 12.6. The van der Waals surface area contributed by atoms with Crippen LogP contribution in [0.1, 0.15) is 59.8 Å². The molecule has 0 spiro atoms. The molecule has 2 fully saturated rings. The lowest BCUT2D eigenvalue weighted by molar-refractivity contribution is -0.150. The molecule has 23 heavy (non-hydrogen) atoms. The Hall–Kier alpha value is -0.710. The molecule has 0 amide bonds. The van der Waals surface area contributed by atoms with E-state index in [-0.39, 0.29) is 23.0 Å². The third-order valence-corrected chi connectivity index (χ3v) is 7.26. The molecule has 0 aromatic rings. The van der Waals surface area contributed by atoms with Crippen molar-refractivity contribution in [3.63, 3.8) is 0 Å². The Morgan fingerprint density at radius 1 is 1.09 bits per heavy atom. The Balaban J connectivity index is 2.15. The van der Waals surface area contributed by atoms with Gasteiger partial charge in [0.15, 0.2) is 0 Å². The van der Waals surface area contributed by atoms with Gasteiger partial charge in [0.25, 0.3) is 0 Å². The number of carbonyl (C=O) groups is 1. The van der Waals surface area contributed by atoms with Crippen molar-refractivity contribution in [2.45, 2.75) is 78.1 Å². The molecule has 0 aromatic heterocycles. The molecule has 0 radical (unpaired) electrons. The van der Waals surface area contributed by atoms with E-state index in [2.05, 4.69) is 13.8 Å². The first-order valence-electron chi connectivity index (χ1n) is 8.88. The molecule has 0 unspecified atom stereocenters. The van der Waals surface area contributed by atoms with Gasteiger partial charge in [-0.05, 0) is 55.1 Å². The number of rotatable bonds is 0. The van der Waals surface area contributed by atoms with Crippen LogP contribution in [0, 0.1) is 22.7 Å². The second kappa shape index (κ2) is 5.40. The van der Waals surface area contributed by atoms with Crippen molar-refractivity contribution in [2.75, 3.05) is 0 Å². The normalized spacial score (nSPS) is 46.9. The number of ketones is 1. The van der Waals surface area contributed by atoms with E-state index < -0.39 is 23.7 Å². The van der Waals surface area contributed by atoms with Crippen molar-refractivity contribution in [3.8, 4) is 0 Å². The molecule has 130 valence electrons. The highest BCUT2D eigenvalue weighted by molar-refractivity contribution is 5.82. The average molecular weight is 322 g/mol. The van der Waals surface area contributed by atoms with Gasteiger partial charge in [0.2, 0.25) is 0 Å². The van der Waals surface area contributed by atoms with E-state index in [1.54, 1.807) is 0 Å². The molecule has 0 saturated heterocycles. The van der Waals surface area contributed by atoms with E-state index in [0.29, 0.717) is 19.3 Å². The SMILES string of the molecule is CC1=C2[C@@H](O)[C@H](O)[C@]3(C)CCCC(=O)[C@H]3C[C@@H](C[C@@H]1O)C2(C)C. The molecule has 0 heterocycles. The Morgan fingerprint density at radius 2 is 1.74 bits per heavy atom. The summed E-state index contributed by atoms with van der Waals surface area (Å²) >= 11 is 0. The molecule has 3 aliphatic carbocycles. The fourth-order valence-electron chi connectivity index (χ4n) is 5.57. The molecule has 0 aliphatic heterocycles. The lowest BCUT2D eigenvalue weighted by atomic mass is 9.51. The highest BCUT2D eigenvalue weighted by atomic mass is 16.3. The number of carbonyl (C=O) groups excluding carboxylic acids is 1. The summed E-state index contributed by atoms with van der Waals surface area (Å²) in [5.41, 5.74) is 0.688. The molecule has 0 aromatic carbocycles. The third-order valence-electron chi connectivity index (χ3n) is 7.26. The largest absolute Gasteiger partial charge is 0.389 e. The van der Waals surface area contributed by atoms with E-state index in [1.807, 2.05) is 13.8 Å².